The highest BCUT2D eigenvalue weighted by atomic mass is 35.5. The van der Waals surface area contributed by atoms with Gasteiger partial charge in [0.25, 0.3) is 0 Å². The van der Waals surface area contributed by atoms with Gasteiger partial charge in [-0.15, -0.1) is 0 Å². The molecule has 19 heavy (non-hydrogen) atoms. The van der Waals surface area contributed by atoms with E-state index in [1.165, 1.54) is 0 Å². The molecule has 0 saturated heterocycles. The summed E-state index contributed by atoms with van der Waals surface area (Å²) in [7, 11) is 0. The van der Waals surface area contributed by atoms with Gasteiger partial charge < -0.3 is 9.84 Å². The van der Waals surface area contributed by atoms with Crippen LogP contribution < -0.4 is 4.74 Å². The Morgan fingerprint density at radius 1 is 1.26 bits per heavy atom. The van der Waals surface area contributed by atoms with Crippen LogP contribution in [0.1, 0.15) is 25.1 Å². The van der Waals surface area contributed by atoms with E-state index in [4.69, 9.17) is 27.9 Å². The van der Waals surface area contributed by atoms with E-state index in [0.29, 0.717) is 33.7 Å². The number of hydrogen-bond donors (Lipinski definition) is 1. The monoisotopic (exact) mass is 297 g/mol. The van der Waals surface area contributed by atoms with Crippen molar-refractivity contribution in [3.05, 3.63) is 52.3 Å². The summed E-state index contributed by atoms with van der Waals surface area (Å²) < 4.78 is 5.60. The van der Waals surface area contributed by atoms with E-state index >= 15 is 0 Å². The second kappa shape index (κ2) is 6.24. The number of aliphatic hydroxyl groups is 1. The van der Waals surface area contributed by atoms with Gasteiger partial charge >= 0.3 is 0 Å². The normalized spacial score (nSPS) is 12.2. The predicted molar refractivity (Wildman–Crippen MR) is 76.0 cm³/mol. The van der Waals surface area contributed by atoms with E-state index < -0.39 is 6.10 Å². The van der Waals surface area contributed by atoms with Crippen LogP contribution in [0.5, 0.6) is 11.5 Å². The molecule has 100 valence electrons. The molecule has 0 aliphatic rings. The number of ether oxygens (including phenoxy) is 1. The van der Waals surface area contributed by atoms with Crippen LogP contribution in [0.4, 0.5) is 0 Å². The molecule has 1 N–H and O–H groups in total. The van der Waals surface area contributed by atoms with Crippen molar-refractivity contribution < 1.29 is 9.84 Å². The molecule has 3 nitrogen and oxygen atoms in total. The van der Waals surface area contributed by atoms with Crippen LogP contribution in [-0.4, -0.2) is 10.1 Å². The van der Waals surface area contributed by atoms with Gasteiger partial charge in [0.05, 0.1) is 23.0 Å². The third-order valence-electron chi connectivity index (χ3n) is 2.61. The Labute approximate surface area is 121 Å². The van der Waals surface area contributed by atoms with Crippen LogP contribution in [0.3, 0.4) is 0 Å². The molecule has 1 aromatic carbocycles. The first-order valence-electron chi connectivity index (χ1n) is 5.87. The summed E-state index contributed by atoms with van der Waals surface area (Å²) in [4.78, 5) is 4.15. The zero-order chi connectivity index (χ0) is 13.8. The second-order valence-corrected chi connectivity index (χ2v) is 4.86. The maximum absolute atomic E-state index is 9.65. The van der Waals surface area contributed by atoms with E-state index in [2.05, 4.69) is 4.98 Å². The summed E-state index contributed by atoms with van der Waals surface area (Å²) in [6, 6.07) is 8.48. The van der Waals surface area contributed by atoms with E-state index in [1.807, 2.05) is 6.92 Å². The van der Waals surface area contributed by atoms with Gasteiger partial charge in [-0.3, -0.25) is 4.98 Å². The number of aromatic nitrogens is 1. The molecule has 0 spiro atoms. The minimum absolute atomic E-state index is 0.435. The topological polar surface area (TPSA) is 42.4 Å². The number of halogens is 2. The lowest BCUT2D eigenvalue weighted by molar-refractivity contribution is 0.169. The van der Waals surface area contributed by atoms with E-state index in [-0.39, 0.29) is 0 Å². The molecule has 0 fully saturated rings. The number of benzene rings is 1. The first-order valence-corrected chi connectivity index (χ1v) is 6.62. The van der Waals surface area contributed by atoms with Crippen molar-refractivity contribution in [1.29, 1.82) is 0 Å². The molecule has 2 rings (SSSR count). The third kappa shape index (κ3) is 3.60. The van der Waals surface area contributed by atoms with Crippen molar-refractivity contribution in [2.45, 2.75) is 19.4 Å². The van der Waals surface area contributed by atoms with Gasteiger partial charge in [0, 0.05) is 5.02 Å². The molecule has 0 aliphatic carbocycles. The van der Waals surface area contributed by atoms with Crippen LogP contribution in [0.25, 0.3) is 0 Å². The van der Waals surface area contributed by atoms with Gasteiger partial charge in [-0.2, -0.15) is 0 Å². The van der Waals surface area contributed by atoms with E-state index in [0.717, 1.165) is 0 Å². The van der Waals surface area contributed by atoms with Gasteiger partial charge in [0.2, 0.25) is 0 Å². The smallest absolute Gasteiger partial charge is 0.146 e. The van der Waals surface area contributed by atoms with Crippen LogP contribution in [0.2, 0.25) is 10.0 Å². The summed E-state index contributed by atoms with van der Waals surface area (Å²) in [6.45, 7) is 1.89. The average molecular weight is 298 g/mol. The quantitative estimate of drug-likeness (QED) is 0.895. The summed E-state index contributed by atoms with van der Waals surface area (Å²) in [6.07, 6.45) is 1.63. The highest BCUT2D eigenvalue weighted by Crippen LogP contribution is 2.31. The SMILES string of the molecule is CCC(O)c1ccc(Oc2ccc(Cl)cc2Cl)cn1. The Bertz CT molecular complexity index is 558. The average Bonchev–Trinajstić information content (AvgIpc) is 2.42. The molecule has 5 heteroatoms. The molecule has 0 bridgehead atoms. The zero-order valence-corrected chi connectivity index (χ0v) is 11.8. The Kier molecular flexibility index (Phi) is 4.64. The van der Waals surface area contributed by atoms with Crippen molar-refractivity contribution >= 4 is 23.2 Å². The van der Waals surface area contributed by atoms with Crippen molar-refractivity contribution in [1.82, 2.24) is 4.98 Å². The number of aliphatic hydroxyl groups excluding tert-OH is 1. The standard InChI is InChI=1S/C14H13Cl2NO2/c1-2-13(18)12-5-4-10(8-17-12)19-14-6-3-9(15)7-11(14)16/h3-8,13,18H,2H2,1H3. The molecular formula is C14H13Cl2NO2. The molecule has 1 atom stereocenters. The van der Waals surface area contributed by atoms with Crippen LogP contribution >= 0.6 is 23.2 Å². The van der Waals surface area contributed by atoms with Gasteiger partial charge in [-0.1, -0.05) is 30.1 Å². The van der Waals surface area contributed by atoms with Gasteiger partial charge in [-0.05, 0) is 36.8 Å². The molecule has 1 heterocycles. The molecular weight excluding hydrogens is 285 g/mol. The van der Waals surface area contributed by atoms with Crippen LogP contribution in [0, 0.1) is 0 Å². The number of pyridine rings is 1. The number of hydrogen-bond acceptors (Lipinski definition) is 3. The summed E-state index contributed by atoms with van der Waals surface area (Å²) in [5.74, 6) is 1.06. The van der Waals surface area contributed by atoms with Crippen LogP contribution in [-0.2, 0) is 0 Å². The zero-order valence-electron chi connectivity index (χ0n) is 10.3. The van der Waals surface area contributed by atoms with Crippen molar-refractivity contribution in [3.63, 3.8) is 0 Å². The lowest BCUT2D eigenvalue weighted by Crippen LogP contribution is -1.98. The van der Waals surface area contributed by atoms with Gasteiger partial charge in [0.15, 0.2) is 0 Å². The molecule has 1 unspecified atom stereocenters. The summed E-state index contributed by atoms with van der Waals surface area (Å²) in [5, 5.41) is 10.6. The largest absolute Gasteiger partial charge is 0.454 e. The maximum Gasteiger partial charge on any atom is 0.146 e. The summed E-state index contributed by atoms with van der Waals surface area (Å²) >= 11 is 11.8. The molecule has 0 amide bonds. The fraction of sp³-hybridized carbons (Fsp3) is 0.214. The Morgan fingerprint density at radius 2 is 2.05 bits per heavy atom. The molecule has 1 aromatic heterocycles. The van der Waals surface area contributed by atoms with E-state index in [9.17, 15) is 5.11 Å². The number of nitrogens with zero attached hydrogens (tertiary/aromatic N) is 1. The Hall–Kier alpha value is -1.29. The maximum atomic E-state index is 9.65. The molecule has 0 saturated carbocycles. The van der Waals surface area contributed by atoms with Gasteiger partial charge in [0.1, 0.15) is 11.5 Å². The van der Waals surface area contributed by atoms with Gasteiger partial charge in [-0.25, -0.2) is 0 Å². The Balaban J connectivity index is 2.15. The third-order valence-corrected chi connectivity index (χ3v) is 3.14. The van der Waals surface area contributed by atoms with Crippen molar-refractivity contribution in [3.8, 4) is 11.5 Å². The van der Waals surface area contributed by atoms with Crippen molar-refractivity contribution in [2.75, 3.05) is 0 Å². The highest BCUT2D eigenvalue weighted by molar-refractivity contribution is 6.35. The second-order valence-electron chi connectivity index (χ2n) is 4.02. The number of rotatable bonds is 4. The van der Waals surface area contributed by atoms with E-state index in [1.54, 1.807) is 36.5 Å². The molecule has 0 aliphatic heterocycles. The fourth-order valence-corrected chi connectivity index (χ4v) is 1.99. The predicted octanol–water partition coefficient (Wildman–Crippen LogP) is 4.62. The lowest BCUT2D eigenvalue weighted by atomic mass is 10.2. The van der Waals surface area contributed by atoms with Crippen LogP contribution in [0.15, 0.2) is 36.5 Å². The minimum atomic E-state index is -0.548. The minimum Gasteiger partial charge on any atom is -0.454 e. The molecule has 0 radical (unpaired) electrons. The van der Waals surface area contributed by atoms with Crippen molar-refractivity contribution in [2.24, 2.45) is 0 Å². The highest BCUT2D eigenvalue weighted by Gasteiger charge is 2.08. The first kappa shape index (κ1) is 14.1. The first-order chi connectivity index (χ1) is 9.10. The summed E-state index contributed by atoms with van der Waals surface area (Å²) in [5.41, 5.74) is 0.622. The Morgan fingerprint density at radius 3 is 2.63 bits per heavy atom. The molecule has 2 aromatic rings. The fourth-order valence-electron chi connectivity index (χ4n) is 1.54. The lowest BCUT2D eigenvalue weighted by Gasteiger charge is -2.10.